The molecule has 0 aromatic carbocycles. The van der Waals surface area contributed by atoms with Crippen molar-refractivity contribution in [1.29, 1.82) is 0 Å². The first-order valence-corrected chi connectivity index (χ1v) is 42.2. The lowest BCUT2D eigenvalue weighted by Gasteiger charge is -2.21. The van der Waals surface area contributed by atoms with Gasteiger partial charge in [0.2, 0.25) is 0 Å². The zero-order valence-corrected chi connectivity index (χ0v) is 64.1. The van der Waals surface area contributed by atoms with Crippen LogP contribution in [-0.2, 0) is 65.4 Å². The van der Waals surface area contributed by atoms with E-state index < -0.39 is 97.5 Å². The largest absolute Gasteiger partial charge is 0.472 e. The molecule has 0 radical (unpaired) electrons. The smallest absolute Gasteiger partial charge is 0.462 e. The molecule has 0 rings (SSSR count). The van der Waals surface area contributed by atoms with Crippen molar-refractivity contribution in [3.63, 3.8) is 0 Å². The number of phosphoric ester groups is 2. The molecule has 0 saturated carbocycles. The molecule has 0 aromatic heterocycles. The number of hydrogen-bond donors (Lipinski definition) is 3. The molecular weight excluding hydrogens is 1250 g/mol. The summed E-state index contributed by atoms with van der Waals surface area (Å²) < 4.78 is 68.5. The second kappa shape index (κ2) is 65.4. The van der Waals surface area contributed by atoms with Gasteiger partial charge in [-0.1, -0.05) is 331 Å². The van der Waals surface area contributed by atoms with Crippen LogP contribution in [0.15, 0.2) is 0 Å². The first-order valence-electron chi connectivity index (χ1n) is 39.2. The predicted molar refractivity (Wildman–Crippen MR) is 386 cm³/mol. The van der Waals surface area contributed by atoms with E-state index in [0.29, 0.717) is 25.7 Å². The van der Waals surface area contributed by atoms with Gasteiger partial charge in [0.1, 0.15) is 19.3 Å². The summed E-state index contributed by atoms with van der Waals surface area (Å²) >= 11 is 0. The molecule has 0 aliphatic heterocycles. The highest BCUT2D eigenvalue weighted by molar-refractivity contribution is 7.47. The van der Waals surface area contributed by atoms with Crippen LogP contribution in [0.3, 0.4) is 0 Å². The van der Waals surface area contributed by atoms with E-state index in [9.17, 15) is 43.2 Å². The molecule has 6 atom stereocenters. The Morgan fingerprint density at radius 3 is 0.747 bits per heavy atom. The molecule has 0 bridgehead atoms. The second-order valence-electron chi connectivity index (χ2n) is 29.1. The Bertz CT molecular complexity index is 1870. The Hall–Kier alpha value is -1.94. The van der Waals surface area contributed by atoms with E-state index in [1.165, 1.54) is 180 Å². The first kappa shape index (κ1) is 93.1. The minimum Gasteiger partial charge on any atom is -0.462 e. The fraction of sp³-hybridized carbons (Fsp3) is 0.947. The van der Waals surface area contributed by atoms with Crippen LogP contribution in [0.4, 0.5) is 0 Å². The molecular formula is C76H148O17P2. The Morgan fingerprint density at radius 2 is 0.505 bits per heavy atom. The van der Waals surface area contributed by atoms with Crippen molar-refractivity contribution in [2.75, 3.05) is 39.6 Å². The third kappa shape index (κ3) is 69.0. The lowest BCUT2D eigenvalue weighted by Crippen LogP contribution is -2.30. The summed E-state index contributed by atoms with van der Waals surface area (Å²) in [6.07, 6.45) is 50.1. The summed E-state index contributed by atoms with van der Waals surface area (Å²) in [4.78, 5) is 72.7. The van der Waals surface area contributed by atoms with Crippen molar-refractivity contribution in [2.45, 2.75) is 401 Å². The topological polar surface area (TPSA) is 237 Å². The zero-order valence-electron chi connectivity index (χ0n) is 62.3. The Balaban J connectivity index is 5.20. The molecule has 0 saturated heterocycles. The molecule has 564 valence electrons. The molecule has 3 N–H and O–H groups in total. The molecule has 17 nitrogen and oxygen atoms in total. The average Bonchev–Trinajstić information content (AvgIpc) is 1.48. The molecule has 19 heteroatoms. The maximum atomic E-state index is 13.1. The van der Waals surface area contributed by atoms with Crippen molar-refractivity contribution < 1.29 is 80.2 Å². The summed E-state index contributed by atoms with van der Waals surface area (Å²) in [5.41, 5.74) is 0. The van der Waals surface area contributed by atoms with Crippen molar-refractivity contribution in [3.05, 3.63) is 0 Å². The normalized spacial score (nSPS) is 14.4. The van der Waals surface area contributed by atoms with Gasteiger partial charge in [0.25, 0.3) is 0 Å². The maximum Gasteiger partial charge on any atom is 0.472 e. The number of aliphatic hydroxyl groups is 1. The van der Waals surface area contributed by atoms with Gasteiger partial charge in [0, 0.05) is 25.7 Å². The molecule has 3 unspecified atom stereocenters. The summed E-state index contributed by atoms with van der Waals surface area (Å²) in [5.74, 6) is 0.906. The first-order chi connectivity index (χ1) is 45.6. The van der Waals surface area contributed by atoms with Crippen LogP contribution in [0.1, 0.15) is 383 Å². The van der Waals surface area contributed by atoms with Crippen LogP contribution in [0, 0.1) is 23.7 Å². The lowest BCUT2D eigenvalue weighted by atomic mass is 10.00. The molecule has 0 aliphatic rings. The number of carbonyl (C=O) groups excluding carboxylic acids is 4. The monoisotopic (exact) mass is 1400 g/mol. The van der Waals surface area contributed by atoms with Gasteiger partial charge in [-0.05, 0) is 49.4 Å². The van der Waals surface area contributed by atoms with Crippen LogP contribution < -0.4 is 0 Å². The van der Waals surface area contributed by atoms with Crippen LogP contribution in [0.25, 0.3) is 0 Å². The van der Waals surface area contributed by atoms with Crippen LogP contribution in [0.2, 0.25) is 0 Å². The number of aliphatic hydroxyl groups excluding tert-OH is 1. The fourth-order valence-electron chi connectivity index (χ4n) is 11.5. The molecule has 0 heterocycles. The van der Waals surface area contributed by atoms with E-state index in [-0.39, 0.29) is 25.7 Å². The third-order valence-electron chi connectivity index (χ3n) is 17.9. The molecule has 95 heavy (non-hydrogen) atoms. The lowest BCUT2D eigenvalue weighted by molar-refractivity contribution is -0.161. The number of esters is 4. The van der Waals surface area contributed by atoms with Gasteiger partial charge in [-0.2, -0.15) is 0 Å². The molecule has 0 aromatic rings. The summed E-state index contributed by atoms with van der Waals surface area (Å²) in [6.45, 7) is 14.1. The van der Waals surface area contributed by atoms with Gasteiger partial charge >= 0.3 is 39.5 Å². The third-order valence-corrected chi connectivity index (χ3v) is 19.8. The van der Waals surface area contributed by atoms with Crippen molar-refractivity contribution in [2.24, 2.45) is 23.7 Å². The van der Waals surface area contributed by atoms with Crippen molar-refractivity contribution in [1.82, 2.24) is 0 Å². The Morgan fingerprint density at radius 1 is 0.295 bits per heavy atom. The van der Waals surface area contributed by atoms with Gasteiger partial charge < -0.3 is 33.8 Å². The van der Waals surface area contributed by atoms with Crippen LogP contribution >= 0.6 is 15.6 Å². The van der Waals surface area contributed by atoms with Gasteiger partial charge in [0.05, 0.1) is 26.4 Å². The van der Waals surface area contributed by atoms with Crippen LogP contribution in [0.5, 0.6) is 0 Å². The van der Waals surface area contributed by atoms with Gasteiger partial charge in [-0.15, -0.1) is 0 Å². The van der Waals surface area contributed by atoms with Crippen molar-refractivity contribution >= 4 is 39.5 Å². The van der Waals surface area contributed by atoms with Crippen LogP contribution in [-0.4, -0.2) is 96.7 Å². The second-order valence-corrected chi connectivity index (χ2v) is 32.0. The Labute approximate surface area is 581 Å². The number of carbonyl (C=O) groups is 4. The van der Waals surface area contributed by atoms with Crippen molar-refractivity contribution in [3.8, 4) is 0 Å². The van der Waals surface area contributed by atoms with E-state index in [4.69, 9.17) is 37.0 Å². The van der Waals surface area contributed by atoms with Gasteiger partial charge in [-0.25, -0.2) is 9.13 Å². The van der Waals surface area contributed by atoms with Gasteiger partial charge in [0.15, 0.2) is 12.2 Å². The number of rotatable bonds is 73. The average molecular weight is 1400 g/mol. The van der Waals surface area contributed by atoms with E-state index in [2.05, 4.69) is 55.4 Å². The summed E-state index contributed by atoms with van der Waals surface area (Å²) in [5, 5.41) is 10.6. The zero-order chi connectivity index (χ0) is 70.3. The van der Waals surface area contributed by atoms with Gasteiger partial charge in [-0.3, -0.25) is 37.3 Å². The van der Waals surface area contributed by atoms with E-state index in [1.54, 1.807) is 0 Å². The molecule has 0 spiro atoms. The highest BCUT2D eigenvalue weighted by Crippen LogP contribution is 2.45. The standard InChI is InChI=1S/C76H148O17P2/c1-9-69(8)55-47-39-34-35-41-49-57-74(79)87-63-72(93-76(81)59-51-43-33-25-21-20-23-29-37-45-53-67(4)5)65-91-95(84,85)89-61-70(77)60-88-94(82,83)90-64-71(62-86-73(78)56-48-40-31-27-26-30-38-46-54-68(6)7)92-75(80)58-50-42-32-24-19-17-15-13-11-10-12-14-16-18-22-28-36-44-52-66(2)3/h66-72,77H,9-65H2,1-8H3,(H,82,83)(H,84,85)/t69?,70-,71-,72-/m1/s1. The predicted octanol–water partition coefficient (Wildman–Crippen LogP) is 22.0. The summed E-state index contributed by atoms with van der Waals surface area (Å²) in [7, 11) is -9.91. The number of hydrogen-bond acceptors (Lipinski definition) is 15. The summed E-state index contributed by atoms with van der Waals surface area (Å²) in [6, 6.07) is 0. The van der Waals surface area contributed by atoms with E-state index in [0.717, 1.165) is 120 Å². The maximum absolute atomic E-state index is 13.1. The fourth-order valence-corrected chi connectivity index (χ4v) is 13.1. The minimum absolute atomic E-state index is 0.105. The highest BCUT2D eigenvalue weighted by atomic mass is 31.2. The van der Waals surface area contributed by atoms with E-state index >= 15 is 0 Å². The van der Waals surface area contributed by atoms with E-state index in [1.807, 2.05) is 0 Å². The Kier molecular flexibility index (Phi) is 64.0. The quantitative estimate of drug-likeness (QED) is 0.0222. The number of ether oxygens (including phenoxy) is 4. The SMILES string of the molecule is CCC(C)CCCCCCCCC(=O)OC[C@H](COP(=O)(O)OC[C@H](O)COP(=O)(O)OC[C@@H](COC(=O)CCCCCCCCCCC(C)C)OC(=O)CCCCCCCCCCCCCCCCCCCCC(C)C)OC(=O)CCCCCCCCCCCCC(C)C. The number of phosphoric acid groups is 2. The highest BCUT2D eigenvalue weighted by Gasteiger charge is 2.30. The molecule has 0 fully saturated rings. The molecule has 0 aliphatic carbocycles. The number of unbranched alkanes of at least 4 members (excludes halogenated alkanes) is 38. The molecule has 0 amide bonds. The minimum atomic E-state index is -4.96.